The minimum atomic E-state index is -0.328. The van der Waals surface area contributed by atoms with E-state index in [1.165, 1.54) is 0 Å². The predicted octanol–water partition coefficient (Wildman–Crippen LogP) is 0.774. The summed E-state index contributed by atoms with van der Waals surface area (Å²) in [4.78, 5) is 25.6. The second-order valence-corrected chi connectivity index (χ2v) is 5.30. The molecule has 19 heavy (non-hydrogen) atoms. The Kier molecular flexibility index (Phi) is 3.75. The lowest BCUT2D eigenvalue weighted by atomic mass is 10.1. The van der Waals surface area contributed by atoms with Crippen LogP contribution in [0.15, 0.2) is 6.07 Å². The van der Waals surface area contributed by atoms with Crippen molar-refractivity contribution in [3.8, 4) is 0 Å². The van der Waals surface area contributed by atoms with Crippen LogP contribution in [0.4, 0.5) is 0 Å². The molecule has 0 spiro atoms. The maximum Gasteiger partial charge on any atom is 0.234 e. The smallest absolute Gasteiger partial charge is 0.234 e. The van der Waals surface area contributed by atoms with Crippen molar-refractivity contribution >= 4 is 11.7 Å². The summed E-state index contributed by atoms with van der Waals surface area (Å²) < 4.78 is 2.00. The van der Waals surface area contributed by atoms with Crippen LogP contribution in [0.1, 0.15) is 34.6 Å². The van der Waals surface area contributed by atoms with E-state index in [9.17, 15) is 9.59 Å². The fourth-order valence-corrected chi connectivity index (χ4v) is 2.74. The van der Waals surface area contributed by atoms with Crippen LogP contribution in [0.5, 0.6) is 0 Å². The fourth-order valence-electron chi connectivity index (χ4n) is 2.74. The molecule has 104 valence electrons. The normalized spacial score (nSPS) is 19.8. The molecule has 0 radical (unpaired) electrons. The van der Waals surface area contributed by atoms with E-state index < -0.39 is 0 Å². The van der Waals surface area contributed by atoms with E-state index in [2.05, 4.69) is 0 Å². The van der Waals surface area contributed by atoms with Crippen LogP contribution >= 0.6 is 0 Å². The Morgan fingerprint density at radius 2 is 2.11 bits per heavy atom. The Hall–Kier alpha value is -1.62. The van der Waals surface area contributed by atoms with Gasteiger partial charge in [-0.05, 0) is 39.3 Å². The van der Waals surface area contributed by atoms with E-state index in [0.717, 1.165) is 36.3 Å². The van der Waals surface area contributed by atoms with Gasteiger partial charge in [0.2, 0.25) is 5.91 Å². The first-order valence-corrected chi connectivity index (χ1v) is 6.61. The van der Waals surface area contributed by atoms with Crippen molar-refractivity contribution in [2.45, 2.75) is 32.7 Å². The molecular formula is C14H21N3O2. The molecule has 5 heteroatoms. The number of amides is 1. The quantitative estimate of drug-likeness (QED) is 0.816. The molecule has 1 aliphatic heterocycles. The van der Waals surface area contributed by atoms with Crippen molar-refractivity contribution < 1.29 is 9.59 Å². The van der Waals surface area contributed by atoms with Gasteiger partial charge in [-0.25, -0.2) is 0 Å². The number of nitrogens with zero attached hydrogens (tertiary/aromatic N) is 2. The van der Waals surface area contributed by atoms with Crippen LogP contribution in [0, 0.1) is 13.8 Å². The van der Waals surface area contributed by atoms with Gasteiger partial charge in [0.15, 0.2) is 5.78 Å². The number of hydrogen-bond donors (Lipinski definition) is 1. The van der Waals surface area contributed by atoms with E-state index >= 15 is 0 Å². The molecule has 1 unspecified atom stereocenters. The minimum Gasteiger partial charge on any atom is -0.368 e. The largest absolute Gasteiger partial charge is 0.368 e. The van der Waals surface area contributed by atoms with Gasteiger partial charge >= 0.3 is 0 Å². The Bertz CT molecular complexity index is 519. The summed E-state index contributed by atoms with van der Waals surface area (Å²) >= 11 is 0. The number of likely N-dealkylation sites (tertiary alicyclic amines) is 1. The highest BCUT2D eigenvalue weighted by molar-refractivity contribution is 5.99. The zero-order valence-electron chi connectivity index (χ0n) is 11.8. The summed E-state index contributed by atoms with van der Waals surface area (Å²) in [7, 11) is 1.95. The highest BCUT2D eigenvalue weighted by Crippen LogP contribution is 2.19. The first-order valence-electron chi connectivity index (χ1n) is 6.61. The highest BCUT2D eigenvalue weighted by Gasteiger charge is 2.30. The number of primary amides is 1. The number of carbonyl (C=O) groups excluding carboxylic acids is 2. The van der Waals surface area contributed by atoms with Crippen LogP contribution in [0.3, 0.4) is 0 Å². The molecule has 1 aliphatic rings. The average molecular weight is 263 g/mol. The van der Waals surface area contributed by atoms with E-state index in [4.69, 9.17) is 5.73 Å². The first kappa shape index (κ1) is 13.8. The number of nitrogens with two attached hydrogens (primary N) is 1. The summed E-state index contributed by atoms with van der Waals surface area (Å²) in [6.07, 6.45) is 1.68. The molecule has 2 heterocycles. The zero-order chi connectivity index (χ0) is 14.2. The van der Waals surface area contributed by atoms with Crippen LogP contribution in [0.2, 0.25) is 0 Å². The highest BCUT2D eigenvalue weighted by atomic mass is 16.1. The van der Waals surface area contributed by atoms with Crippen LogP contribution in [0.25, 0.3) is 0 Å². The van der Waals surface area contributed by atoms with Crippen molar-refractivity contribution in [1.82, 2.24) is 9.47 Å². The molecule has 1 fully saturated rings. The number of Topliss-reactive ketones (excluding diaryl/α,β-unsaturated/α-hetero) is 1. The summed E-state index contributed by atoms with van der Waals surface area (Å²) in [6.45, 7) is 4.96. The second-order valence-electron chi connectivity index (χ2n) is 5.30. The van der Waals surface area contributed by atoms with E-state index in [1.807, 2.05) is 36.4 Å². The third-order valence-electron chi connectivity index (χ3n) is 4.11. The van der Waals surface area contributed by atoms with Gasteiger partial charge < -0.3 is 10.3 Å². The standard InChI is InChI=1S/C14H21N3O2/c1-9-7-11(10(2)16(9)3)13(18)8-17-6-4-5-12(17)14(15)19/h7,12H,4-6,8H2,1-3H3,(H2,15,19). The van der Waals surface area contributed by atoms with Gasteiger partial charge in [0.05, 0.1) is 12.6 Å². The Morgan fingerprint density at radius 1 is 1.42 bits per heavy atom. The lowest BCUT2D eigenvalue weighted by Gasteiger charge is -2.20. The maximum atomic E-state index is 12.3. The Morgan fingerprint density at radius 3 is 2.63 bits per heavy atom. The number of aromatic nitrogens is 1. The van der Waals surface area contributed by atoms with Crippen LogP contribution < -0.4 is 5.73 Å². The average Bonchev–Trinajstić information content (AvgIpc) is 2.90. The molecular weight excluding hydrogens is 242 g/mol. The summed E-state index contributed by atoms with van der Waals surface area (Å²) in [5.41, 5.74) is 8.14. The molecule has 1 amide bonds. The fraction of sp³-hybridized carbons (Fsp3) is 0.571. The van der Waals surface area contributed by atoms with Crippen LogP contribution in [-0.2, 0) is 11.8 Å². The van der Waals surface area contributed by atoms with Gasteiger partial charge in [0.1, 0.15) is 0 Å². The van der Waals surface area contributed by atoms with Gasteiger partial charge in [-0.3, -0.25) is 14.5 Å². The van der Waals surface area contributed by atoms with Crippen molar-refractivity contribution in [2.24, 2.45) is 12.8 Å². The summed E-state index contributed by atoms with van der Waals surface area (Å²) in [5.74, 6) is -0.263. The molecule has 1 aromatic heterocycles. The third kappa shape index (κ3) is 2.56. The number of rotatable bonds is 4. The van der Waals surface area contributed by atoms with Crippen LogP contribution in [-0.4, -0.2) is 40.3 Å². The predicted molar refractivity (Wildman–Crippen MR) is 73.0 cm³/mol. The van der Waals surface area contributed by atoms with Crippen molar-refractivity contribution in [1.29, 1.82) is 0 Å². The molecule has 5 nitrogen and oxygen atoms in total. The van der Waals surface area contributed by atoms with E-state index in [1.54, 1.807) is 0 Å². The topological polar surface area (TPSA) is 68.3 Å². The molecule has 0 aromatic carbocycles. The second kappa shape index (κ2) is 5.17. The minimum absolute atomic E-state index is 0.0642. The van der Waals surface area contributed by atoms with Crippen molar-refractivity contribution in [2.75, 3.05) is 13.1 Å². The summed E-state index contributed by atoms with van der Waals surface area (Å²) in [5, 5.41) is 0. The third-order valence-corrected chi connectivity index (χ3v) is 4.11. The summed E-state index contributed by atoms with van der Waals surface area (Å²) in [6, 6.07) is 1.63. The molecule has 0 saturated carbocycles. The zero-order valence-corrected chi connectivity index (χ0v) is 11.8. The Balaban J connectivity index is 2.13. The van der Waals surface area contributed by atoms with Gasteiger partial charge in [-0.1, -0.05) is 0 Å². The molecule has 0 bridgehead atoms. The van der Waals surface area contributed by atoms with Crippen molar-refractivity contribution in [3.63, 3.8) is 0 Å². The van der Waals surface area contributed by atoms with E-state index in [-0.39, 0.29) is 24.3 Å². The monoisotopic (exact) mass is 263 g/mol. The molecule has 0 aliphatic carbocycles. The maximum absolute atomic E-state index is 12.3. The van der Waals surface area contributed by atoms with E-state index in [0.29, 0.717) is 0 Å². The lowest BCUT2D eigenvalue weighted by molar-refractivity contribution is -0.122. The number of hydrogen-bond acceptors (Lipinski definition) is 3. The molecule has 2 N–H and O–H groups in total. The Labute approximate surface area is 113 Å². The molecule has 1 saturated heterocycles. The first-order chi connectivity index (χ1) is 8.91. The SMILES string of the molecule is Cc1cc(C(=O)CN2CCCC2C(N)=O)c(C)n1C. The van der Waals surface area contributed by atoms with Gasteiger partial charge in [0, 0.05) is 24.0 Å². The number of carbonyl (C=O) groups is 2. The van der Waals surface area contributed by atoms with Gasteiger partial charge in [0.25, 0.3) is 0 Å². The number of aryl methyl sites for hydroxylation is 1. The van der Waals surface area contributed by atoms with Gasteiger partial charge in [-0.2, -0.15) is 0 Å². The molecule has 1 aromatic rings. The molecule has 1 atom stereocenters. The van der Waals surface area contributed by atoms with Crippen molar-refractivity contribution in [3.05, 3.63) is 23.0 Å². The molecule has 2 rings (SSSR count). The lowest BCUT2D eigenvalue weighted by Crippen LogP contribution is -2.42. The number of ketones is 1. The van der Waals surface area contributed by atoms with Gasteiger partial charge in [-0.15, -0.1) is 0 Å².